The van der Waals surface area contributed by atoms with Crippen LogP contribution in [-0.4, -0.2) is 40.6 Å². The highest BCUT2D eigenvalue weighted by Crippen LogP contribution is 2.26. The van der Waals surface area contributed by atoms with Crippen molar-refractivity contribution >= 4 is 23.3 Å². The van der Waals surface area contributed by atoms with Crippen molar-refractivity contribution in [2.75, 3.05) is 13.1 Å². The molecule has 0 atom stereocenters. The van der Waals surface area contributed by atoms with Crippen LogP contribution in [0.1, 0.15) is 39.5 Å². The molecule has 0 aliphatic rings. The van der Waals surface area contributed by atoms with Crippen LogP contribution in [0, 0.1) is 0 Å². The Kier molecular flexibility index (Phi) is 5.39. The van der Waals surface area contributed by atoms with Gasteiger partial charge >= 0.3 is 12.0 Å². The fraction of sp³-hybridized carbons (Fsp3) is 0.600. The van der Waals surface area contributed by atoms with Crippen LogP contribution >= 0.6 is 11.3 Å². The number of hydrogen-bond acceptors (Lipinski definition) is 3. The number of nitrogens with one attached hydrogen (secondary N) is 1. The standard InChI is InChI=1S/C15H24N2O3S/c1-14(2,3)17(9-12(18)19)13(20)16-10-15(4,5)11-7-6-8-21-11/h6-8H,9-10H2,1-5H3,(H,16,20)(H,18,19). The molecule has 0 unspecified atom stereocenters. The number of nitrogens with zero attached hydrogens (tertiary/aromatic N) is 1. The summed E-state index contributed by atoms with van der Waals surface area (Å²) in [5.74, 6) is -1.02. The molecule has 0 bridgehead atoms. The maximum atomic E-state index is 12.3. The summed E-state index contributed by atoms with van der Waals surface area (Å²) in [6.45, 7) is 9.71. The zero-order valence-corrected chi connectivity index (χ0v) is 14.1. The number of amides is 2. The molecule has 21 heavy (non-hydrogen) atoms. The van der Waals surface area contributed by atoms with Crippen LogP contribution in [0.25, 0.3) is 0 Å². The van der Waals surface area contributed by atoms with Gasteiger partial charge in [-0.3, -0.25) is 4.79 Å². The third kappa shape index (κ3) is 5.04. The van der Waals surface area contributed by atoms with Crippen LogP contribution in [-0.2, 0) is 10.2 Å². The first-order valence-electron chi connectivity index (χ1n) is 6.85. The largest absolute Gasteiger partial charge is 0.480 e. The number of carboxylic acid groups (broad SMARTS) is 1. The topological polar surface area (TPSA) is 69.6 Å². The van der Waals surface area contributed by atoms with Crippen LogP contribution in [0.4, 0.5) is 4.79 Å². The van der Waals surface area contributed by atoms with E-state index >= 15 is 0 Å². The summed E-state index contributed by atoms with van der Waals surface area (Å²) in [5.41, 5.74) is -0.730. The molecular weight excluding hydrogens is 288 g/mol. The highest BCUT2D eigenvalue weighted by molar-refractivity contribution is 7.10. The zero-order chi connectivity index (χ0) is 16.3. The lowest BCUT2D eigenvalue weighted by atomic mass is 9.91. The van der Waals surface area contributed by atoms with Gasteiger partial charge in [-0.1, -0.05) is 19.9 Å². The van der Waals surface area contributed by atoms with Gasteiger partial charge < -0.3 is 15.3 Å². The molecule has 2 N–H and O–H groups in total. The lowest BCUT2D eigenvalue weighted by Crippen LogP contribution is -2.54. The number of thiophene rings is 1. The minimum Gasteiger partial charge on any atom is -0.480 e. The second-order valence-corrected chi connectivity index (χ2v) is 7.62. The number of urea groups is 1. The number of hydrogen-bond donors (Lipinski definition) is 2. The Morgan fingerprint density at radius 3 is 2.33 bits per heavy atom. The monoisotopic (exact) mass is 312 g/mol. The molecule has 0 aliphatic carbocycles. The third-order valence-electron chi connectivity index (χ3n) is 3.22. The van der Waals surface area contributed by atoms with E-state index in [1.165, 1.54) is 9.78 Å². The van der Waals surface area contributed by atoms with Crippen LogP contribution < -0.4 is 5.32 Å². The molecule has 0 saturated heterocycles. The number of carbonyl (C=O) groups excluding carboxylic acids is 1. The fourth-order valence-electron chi connectivity index (χ4n) is 1.89. The third-order valence-corrected chi connectivity index (χ3v) is 4.45. The van der Waals surface area contributed by atoms with E-state index in [9.17, 15) is 9.59 Å². The summed E-state index contributed by atoms with van der Waals surface area (Å²) in [6.07, 6.45) is 0. The molecule has 1 heterocycles. The summed E-state index contributed by atoms with van der Waals surface area (Å²) < 4.78 is 0. The Hall–Kier alpha value is -1.56. The average Bonchev–Trinajstić information content (AvgIpc) is 2.86. The van der Waals surface area contributed by atoms with Crippen molar-refractivity contribution in [3.05, 3.63) is 22.4 Å². The van der Waals surface area contributed by atoms with Crippen LogP contribution in [0.3, 0.4) is 0 Å². The quantitative estimate of drug-likeness (QED) is 0.878. The normalized spacial score (nSPS) is 12.0. The van der Waals surface area contributed by atoms with Gasteiger partial charge in [-0.05, 0) is 32.2 Å². The Morgan fingerprint density at radius 2 is 1.90 bits per heavy atom. The van der Waals surface area contributed by atoms with Crippen molar-refractivity contribution in [1.82, 2.24) is 10.2 Å². The second-order valence-electron chi connectivity index (χ2n) is 6.67. The lowest BCUT2D eigenvalue weighted by molar-refractivity contribution is -0.138. The van der Waals surface area contributed by atoms with Gasteiger partial charge in [0.1, 0.15) is 6.54 Å². The first-order chi connectivity index (χ1) is 9.54. The number of carbonyl (C=O) groups is 2. The molecule has 0 aromatic carbocycles. The number of carboxylic acids is 1. The summed E-state index contributed by atoms with van der Waals surface area (Å²) >= 11 is 1.65. The molecule has 0 saturated carbocycles. The Morgan fingerprint density at radius 1 is 1.29 bits per heavy atom. The molecule has 0 aliphatic heterocycles. The Balaban J connectivity index is 2.72. The van der Waals surface area contributed by atoms with E-state index in [4.69, 9.17) is 5.11 Å². The van der Waals surface area contributed by atoms with Crippen LogP contribution in [0.15, 0.2) is 17.5 Å². The van der Waals surface area contributed by atoms with Crippen LogP contribution in [0.2, 0.25) is 0 Å². The van der Waals surface area contributed by atoms with Crippen molar-refractivity contribution in [2.24, 2.45) is 0 Å². The molecule has 1 rings (SSSR count). The molecule has 6 heteroatoms. The lowest BCUT2D eigenvalue weighted by Gasteiger charge is -2.35. The predicted octanol–water partition coefficient (Wildman–Crippen LogP) is 2.92. The van der Waals surface area contributed by atoms with Crippen molar-refractivity contribution in [1.29, 1.82) is 0 Å². The van der Waals surface area contributed by atoms with Gasteiger partial charge in [0.2, 0.25) is 0 Å². The average molecular weight is 312 g/mol. The SMILES string of the molecule is CC(C)(CNC(=O)N(CC(=O)O)C(C)(C)C)c1cccs1. The van der Waals surface area contributed by atoms with Gasteiger partial charge in [-0.25, -0.2) is 4.79 Å². The molecule has 1 aromatic heterocycles. The fourth-order valence-corrected chi connectivity index (χ4v) is 2.74. The Bertz CT molecular complexity index is 490. The van der Waals surface area contributed by atoms with Crippen molar-refractivity contribution in [2.45, 2.75) is 45.6 Å². The summed E-state index contributed by atoms with van der Waals surface area (Å²) in [4.78, 5) is 25.7. The highest BCUT2D eigenvalue weighted by atomic mass is 32.1. The van der Waals surface area contributed by atoms with Gasteiger partial charge in [0, 0.05) is 22.4 Å². The van der Waals surface area contributed by atoms with Gasteiger partial charge in [-0.2, -0.15) is 0 Å². The minimum absolute atomic E-state index is 0.184. The molecule has 2 amide bonds. The van der Waals surface area contributed by atoms with Gasteiger partial charge in [0.25, 0.3) is 0 Å². The first-order valence-corrected chi connectivity index (χ1v) is 7.73. The van der Waals surface area contributed by atoms with E-state index in [0.29, 0.717) is 6.54 Å². The number of aliphatic carboxylic acids is 1. The van der Waals surface area contributed by atoms with Gasteiger partial charge in [-0.15, -0.1) is 11.3 Å². The second kappa shape index (κ2) is 6.47. The van der Waals surface area contributed by atoms with E-state index in [0.717, 1.165) is 0 Å². The maximum absolute atomic E-state index is 12.3. The van der Waals surface area contributed by atoms with Crippen LogP contribution in [0.5, 0.6) is 0 Å². The molecule has 0 radical (unpaired) electrons. The van der Waals surface area contributed by atoms with E-state index in [1.807, 2.05) is 38.3 Å². The Labute approximate surface area is 130 Å². The molecule has 5 nitrogen and oxygen atoms in total. The maximum Gasteiger partial charge on any atom is 0.323 e. The highest BCUT2D eigenvalue weighted by Gasteiger charge is 2.30. The minimum atomic E-state index is -1.02. The molecule has 118 valence electrons. The van der Waals surface area contributed by atoms with Gasteiger partial charge in [0.05, 0.1) is 0 Å². The molecule has 0 spiro atoms. The summed E-state index contributed by atoms with van der Waals surface area (Å²) in [5, 5.41) is 13.8. The molecule has 1 aromatic rings. The molecular formula is C15H24N2O3S. The van der Waals surface area contributed by atoms with E-state index < -0.39 is 11.5 Å². The van der Waals surface area contributed by atoms with E-state index in [2.05, 4.69) is 19.2 Å². The zero-order valence-electron chi connectivity index (χ0n) is 13.3. The predicted molar refractivity (Wildman–Crippen MR) is 84.8 cm³/mol. The smallest absolute Gasteiger partial charge is 0.323 e. The summed E-state index contributed by atoms with van der Waals surface area (Å²) in [7, 11) is 0. The van der Waals surface area contributed by atoms with Gasteiger partial charge in [0.15, 0.2) is 0 Å². The van der Waals surface area contributed by atoms with E-state index in [1.54, 1.807) is 11.3 Å². The first kappa shape index (κ1) is 17.5. The summed E-state index contributed by atoms with van der Waals surface area (Å²) in [6, 6.07) is 3.67. The van der Waals surface area contributed by atoms with Crippen molar-refractivity contribution in [3.8, 4) is 0 Å². The van der Waals surface area contributed by atoms with Crippen molar-refractivity contribution in [3.63, 3.8) is 0 Å². The number of rotatable bonds is 5. The molecule has 0 fully saturated rings. The van der Waals surface area contributed by atoms with Crippen molar-refractivity contribution < 1.29 is 14.7 Å². The van der Waals surface area contributed by atoms with E-state index in [-0.39, 0.29) is 18.0 Å².